The molecule has 2 heterocycles. The topological polar surface area (TPSA) is 96.5 Å². The number of nitriles is 1. The number of amides is 1. The maximum absolute atomic E-state index is 13.3. The largest absolute Gasteiger partial charge is 0.438 e. The zero-order chi connectivity index (χ0) is 24.1. The molecular weight excluding hydrogens is 428 g/mol. The summed E-state index contributed by atoms with van der Waals surface area (Å²) in [6.45, 7) is 4.11. The van der Waals surface area contributed by atoms with E-state index in [1.165, 1.54) is 10.5 Å². The van der Waals surface area contributed by atoms with E-state index in [4.69, 9.17) is 4.74 Å². The van der Waals surface area contributed by atoms with Crippen LogP contribution in [0.1, 0.15) is 22.3 Å². The van der Waals surface area contributed by atoms with Crippen LogP contribution in [0.2, 0.25) is 0 Å². The Kier molecular flexibility index (Phi) is 6.51. The van der Waals surface area contributed by atoms with Gasteiger partial charge in [-0.2, -0.15) is 10.2 Å². The lowest BCUT2D eigenvalue weighted by Gasteiger charge is -2.12. The Balaban J connectivity index is 1.76. The highest BCUT2D eigenvalue weighted by molar-refractivity contribution is 6.01. The lowest BCUT2D eigenvalue weighted by atomic mass is 10.1. The Bertz CT molecular complexity index is 1500. The number of aryl methyl sites for hydroxylation is 2. The Morgan fingerprint density at radius 1 is 1.12 bits per heavy atom. The van der Waals surface area contributed by atoms with E-state index in [0.717, 1.165) is 16.7 Å². The quantitative estimate of drug-likeness (QED) is 0.348. The third kappa shape index (κ3) is 4.87. The third-order valence-corrected chi connectivity index (χ3v) is 5.22. The molecule has 0 unspecified atom stereocenters. The standard InChI is InChI=1S/C27H22N4O3/c1-18-11-12-23(19(2)14-18)34-26-22(27(33)31-13-7-6-10-24(31)30-26)15-21(16-28)25(32)29-17-20-8-4-3-5-9-20/h3-15H,17H2,1-2H3,(H,29,32)/b21-15+. The molecule has 2 aromatic heterocycles. The predicted molar refractivity (Wildman–Crippen MR) is 129 cm³/mol. The van der Waals surface area contributed by atoms with Gasteiger partial charge in [0.15, 0.2) is 0 Å². The molecule has 0 radical (unpaired) electrons. The molecule has 0 bridgehead atoms. The first kappa shape index (κ1) is 22.5. The highest BCUT2D eigenvalue weighted by atomic mass is 16.5. The second kappa shape index (κ2) is 9.84. The van der Waals surface area contributed by atoms with Crippen molar-refractivity contribution >= 4 is 17.6 Å². The first-order valence-corrected chi connectivity index (χ1v) is 10.7. The maximum Gasteiger partial charge on any atom is 0.269 e. The maximum atomic E-state index is 13.3. The molecule has 0 saturated heterocycles. The molecule has 0 spiro atoms. The van der Waals surface area contributed by atoms with Crippen molar-refractivity contribution in [2.75, 3.05) is 0 Å². The van der Waals surface area contributed by atoms with Crippen molar-refractivity contribution < 1.29 is 9.53 Å². The zero-order valence-corrected chi connectivity index (χ0v) is 18.8. The summed E-state index contributed by atoms with van der Waals surface area (Å²) >= 11 is 0. The van der Waals surface area contributed by atoms with Crippen LogP contribution in [-0.4, -0.2) is 15.3 Å². The molecular formula is C27H22N4O3. The molecule has 168 valence electrons. The van der Waals surface area contributed by atoms with Gasteiger partial charge in [-0.15, -0.1) is 0 Å². The molecule has 0 aliphatic rings. The number of carbonyl (C=O) groups excluding carboxylic acids is 1. The average Bonchev–Trinajstić information content (AvgIpc) is 2.85. The molecule has 0 aliphatic carbocycles. The second-order valence-corrected chi connectivity index (χ2v) is 7.77. The van der Waals surface area contributed by atoms with E-state index in [2.05, 4.69) is 10.3 Å². The summed E-state index contributed by atoms with van der Waals surface area (Å²) in [4.78, 5) is 30.5. The Morgan fingerprint density at radius 3 is 2.62 bits per heavy atom. The minimum Gasteiger partial charge on any atom is -0.438 e. The van der Waals surface area contributed by atoms with E-state index in [9.17, 15) is 14.9 Å². The van der Waals surface area contributed by atoms with Gasteiger partial charge in [0, 0.05) is 12.7 Å². The zero-order valence-electron chi connectivity index (χ0n) is 18.8. The molecule has 4 aromatic rings. The number of hydrogen-bond acceptors (Lipinski definition) is 5. The summed E-state index contributed by atoms with van der Waals surface area (Å²) in [6.07, 6.45) is 2.80. The number of aromatic nitrogens is 2. The number of carbonyl (C=O) groups is 1. The molecule has 1 amide bonds. The first-order valence-electron chi connectivity index (χ1n) is 10.7. The molecule has 0 saturated carbocycles. The van der Waals surface area contributed by atoms with Crippen LogP contribution in [-0.2, 0) is 11.3 Å². The summed E-state index contributed by atoms with van der Waals surface area (Å²) in [5.41, 5.74) is 2.54. The first-order chi connectivity index (χ1) is 16.5. The number of fused-ring (bicyclic) bond motifs is 1. The van der Waals surface area contributed by atoms with Gasteiger partial charge in [-0.3, -0.25) is 14.0 Å². The lowest BCUT2D eigenvalue weighted by Crippen LogP contribution is -2.25. The van der Waals surface area contributed by atoms with Gasteiger partial charge in [-0.25, -0.2) is 0 Å². The van der Waals surface area contributed by atoms with Gasteiger partial charge in [-0.1, -0.05) is 54.1 Å². The van der Waals surface area contributed by atoms with Gasteiger partial charge in [0.2, 0.25) is 5.88 Å². The fourth-order valence-electron chi connectivity index (χ4n) is 3.47. The minimum atomic E-state index is -0.596. The van der Waals surface area contributed by atoms with E-state index in [0.29, 0.717) is 11.4 Å². The minimum absolute atomic E-state index is 0.00934. The molecule has 2 aromatic carbocycles. The van der Waals surface area contributed by atoms with E-state index >= 15 is 0 Å². The number of ether oxygens (including phenoxy) is 1. The van der Waals surface area contributed by atoms with Crippen LogP contribution in [0.4, 0.5) is 0 Å². The van der Waals surface area contributed by atoms with Crippen molar-refractivity contribution in [3.05, 3.63) is 111 Å². The summed E-state index contributed by atoms with van der Waals surface area (Å²) in [6, 6.07) is 22.0. The van der Waals surface area contributed by atoms with Crippen LogP contribution < -0.4 is 15.6 Å². The monoisotopic (exact) mass is 450 g/mol. The number of rotatable bonds is 6. The van der Waals surface area contributed by atoms with Gasteiger partial charge in [-0.05, 0) is 49.2 Å². The summed E-state index contributed by atoms with van der Waals surface area (Å²) in [5, 5.41) is 12.4. The lowest BCUT2D eigenvalue weighted by molar-refractivity contribution is -0.117. The normalized spacial score (nSPS) is 11.1. The van der Waals surface area contributed by atoms with Crippen molar-refractivity contribution in [3.8, 4) is 17.7 Å². The smallest absolute Gasteiger partial charge is 0.269 e. The second-order valence-electron chi connectivity index (χ2n) is 7.77. The molecule has 0 fully saturated rings. The van der Waals surface area contributed by atoms with Gasteiger partial charge in [0.1, 0.15) is 28.6 Å². The van der Waals surface area contributed by atoms with E-state index in [1.54, 1.807) is 30.5 Å². The predicted octanol–water partition coefficient (Wildman–Crippen LogP) is 4.33. The van der Waals surface area contributed by atoms with Crippen molar-refractivity contribution in [1.29, 1.82) is 5.26 Å². The van der Waals surface area contributed by atoms with Crippen molar-refractivity contribution in [1.82, 2.24) is 14.7 Å². The molecule has 0 aliphatic heterocycles. The molecule has 1 N–H and O–H groups in total. The van der Waals surface area contributed by atoms with Crippen LogP contribution in [0.25, 0.3) is 11.7 Å². The SMILES string of the molecule is Cc1ccc(Oc2nc3ccccn3c(=O)c2/C=C(\C#N)C(=O)NCc2ccccc2)c(C)c1. The average molecular weight is 450 g/mol. The summed E-state index contributed by atoms with van der Waals surface area (Å²) in [7, 11) is 0. The van der Waals surface area contributed by atoms with Crippen LogP contribution in [0.5, 0.6) is 11.6 Å². The van der Waals surface area contributed by atoms with E-state index in [1.807, 2.05) is 62.4 Å². The van der Waals surface area contributed by atoms with Crippen LogP contribution in [0.15, 0.2) is 83.3 Å². The molecule has 34 heavy (non-hydrogen) atoms. The third-order valence-electron chi connectivity index (χ3n) is 5.22. The van der Waals surface area contributed by atoms with Gasteiger partial charge < -0.3 is 10.1 Å². The fourth-order valence-corrected chi connectivity index (χ4v) is 3.47. The molecule has 4 rings (SSSR count). The number of hydrogen-bond donors (Lipinski definition) is 1. The number of benzene rings is 2. The molecule has 0 atom stereocenters. The van der Waals surface area contributed by atoms with Crippen LogP contribution in [0.3, 0.4) is 0 Å². The van der Waals surface area contributed by atoms with E-state index in [-0.39, 0.29) is 23.6 Å². The molecule has 7 heteroatoms. The van der Waals surface area contributed by atoms with Crippen LogP contribution >= 0.6 is 0 Å². The van der Waals surface area contributed by atoms with Gasteiger partial charge in [0.25, 0.3) is 11.5 Å². The Morgan fingerprint density at radius 2 is 1.88 bits per heavy atom. The van der Waals surface area contributed by atoms with Gasteiger partial charge in [0.05, 0.1) is 0 Å². The van der Waals surface area contributed by atoms with Crippen molar-refractivity contribution in [3.63, 3.8) is 0 Å². The summed E-state index contributed by atoms with van der Waals surface area (Å²) < 4.78 is 7.37. The highest BCUT2D eigenvalue weighted by Crippen LogP contribution is 2.27. The molecule has 7 nitrogen and oxygen atoms in total. The summed E-state index contributed by atoms with van der Waals surface area (Å²) in [5.74, 6) is -0.0485. The number of pyridine rings is 1. The van der Waals surface area contributed by atoms with Gasteiger partial charge >= 0.3 is 0 Å². The fraction of sp³-hybridized carbons (Fsp3) is 0.111. The highest BCUT2D eigenvalue weighted by Gasteiger charge is 2.18. The number of nitrogens with one attached hydrogen (secondary N) is 1. The van der Waals surface area contributed by atoms with Crippen LogP contribution in [0, 0.1) is 25.2 Å². The van der Waals surface area contributed by atoms with E-state index < -0.39 is 11.5 Å². The Hall–Kier alpha value is -4.70. The Labute approximate surface area is 196 Å². The number of nitrogens with zero attached hydrogens (tertiary/aromatic N) is 3. The van der Waals surface area contributed by atoms with Crippen molar-refractivity contribution in [2.24, 2.45) is 0 Å². The van der Waals surface area contributed by atoms with Crippen molar-refractivity contribution in [2.45, 2.75) is 20.4 Å².